The van der Waals surface area contributed by atoms with Crippen molar-refractivity contribution in [1.82, 2.24) is 5.43 Å². The topological polar surface area (TPSA) is 50.4 Å². The normalized spacial score (nSPS) is 10.4. The molecule has 0 saturated carbocycles. The number of rotatable bonds is 2. The average Bonchev–Trinajstić information content (AvgIpc) is 2.10. The van der Waals surface area contributed by atoms with Crippen molar-refractivity contribution in [2.24, 2.45) is 10.8 Å². The van der Waals surface area contributed by atoms with Gasteiger partial charge in [0.1, 0.15) is 0 Å². The van der Waals surface area contributed by atoms with E-state index in [4.69, 9.17) is 5.73 Å². The number of hydrogen-bond acceptors (Lipinski definition) is 2. The molecule has 0 spiro atoms. The molecule has 0 saturated heterocycles. The van der Waals surface area contributed by atoms with Gasteiger partial charge in [-0.05, 0) is 29.9 Å². The number of benzene rings is 1. The molecule has 3 nitrogen and oxygen atoms in total. The lowest BCUT2D eigenvalue weighted by molar-refractivity contribution is 0.508. The summed E-state index contributed by atoms with van der Waals surface area (Å²) in [6, 6.07) is 3.40. The quantitative estimate of drug-likeness (QED) is 0.442. The van der Waals surface area contributed by atoms with Crippen molar-refractivity contribution >= 4 is 23.5 Å². The molecule has 0 heterocycles. The molecule has 0 bridgehead atoms. The summed E-state index contributed by atoms with van der Waals surface area (Å²) in [4.78, 5) is 0. The summed E-state index contributed by atoms with van der Waals surface area (Å²) in [5, 5.41) is 3.59. The number of halogens is 2. The van der Waals surface area contributed by atoms with Gasteiger partial charge < -0.3 is 5.73 Å². The maximum absolute atomic E-state index is 12.7. The van der Waals surface area contributed by atoms with Crippen LogP contribution in [0.5, 0.6) is 0 Å². The van der Waals surface area contributed by atoms with E-state index in [2.05, 4.69) is 22.7 Å². The van der Waals surface area contributed by atoms with Gasteiger partial charge in [0.05, 0.1) is 6.21 Å². The second-order valence-electron chi connectivity index (χ2n) is 2.41. The molecule has 0 radical (unpaired) electrons. The van der Waals surface area contributed by atoms with E-state index in [-0.39, 0.29) is 5.11 Å². The number of hydrogen-bond donors (Lipinski definition) is 2. The maximum atomic E-state index is 12.7. The Morgan fingerprint density at radius 2 is 2.14 bits per heavy atom. The Hall–Kier alpha value is -1.56. The van der Waals surface area contributed by atoms with Crippen LogP contribution >= 0.6 is 12.2 Å². The Balaban J connectivity index is 2.73. The van der Waals surface area contributed by atoms with Gasteiger partial charge in [-0.3, -0.25) is 5.43 Å². The fourth-order valence-electron chi connectivity index (χ4n) is 0.763. The highest BCUT2D eigenvalue weighted by Crippen LogP contribution is 2.06. The Labute approximate surface area is 84.6 Å². The summed E-state index contributed by atoms with van der Waals surface area (Å²) < 4.78 is 25.1. The third-order valence-corrected chi connectivity index (χ3v) is 1.42. The molecule has 3 N–H and O–H groups in total. The van der Waals surface area contributed by atoms with Crippen molar-refractivity contribution in [2.75, 3.05) is 0 Å². The summed E-state index contributed by atoms with van der Waals surface area (Å²) in [5.74, 6) is -1.83. The monoisotopic (exact) mass is 215 g/mol. The highest BCUT2D eigenvalue weighted by atomic mass is 32.1. The van der Waals surface area contributed by atoms with Crippen LogP contribution in [-0.4, -0.2) is 11.3 Å². The molecule has 0 aliphatic carbocycles. The van der Waals surface area contributed by atoms with Crippen LogP contribution in [-0.2, 0) is 0 Å². The molecule has 6 heteroatoms. The number of nitrogens with one attached hydrogen (secondary N) is 1. The lowest BCUT2D eigenvalue weighted by Crippen LogP contribution is -2.23. The lowest BCUT2D eigenvalue weighted by Gasteiger charge is -1.96. The molecule has 1 rings (SSSR count). The van der Waals surface area contributed by atoms with E-state index in [9.17, 15) is 8.78 Å². The zero-order valence-electron chi connectivity index (χ0n) is 7.00. The van der Waals surface area contributed by atoms with Gasteiger partial charge in [0.15, 0.2) is 16.7 Å². The van der Waals surface area contributed by atoms with Gasteiger partial charge in [-0.25, -0.2) is 8.78 Å². The molecule has 1 aromatic rings. The summed E-state index contributed by atoms with van der Waals surface area (Å²) in [6.45, 7) is 0. The molecule has 0 fully saturated rings. The predicted molar refractivity (Wildman–Crippen MR) is 53.9 cm³/mol. The third kappa shape index (κ3) is 3.06. The van der Waals surface area contributed by atoms with Gasteiger partial charge in [-0.2, -0.15) is 5.10 Å². The van der Waals surface area contributed by atoms with Crippen molar-refractivity contribution in [1.29, 1.82) is 0 Å². The smallest absolute Gasteiger partial charge is 0.184 e. The first-order valence-electron chi connectivity index (χ1n) is 3.63. The Morgan fingerprint density at radius 1 is 1.43 bits per heavy atom. The highest BCUT2D eigenvalue weighted by molar-refractivity contribution is 7.80. The second kappa shape index (κ2) is 4.61. The van der Waals surface area contributed by atoms with Crippen LogP contribution in [0.3, 0.4) is 0 Å². The molecule has 0 atom stereocenters. The van der Waals surface area contributed by atoms with Crippen LogP contribution in [0.15, 0.2) is 23.3 Å². The van der Waals surface area contributed by atoms with Gasteiger partial charge in [-0.1, -0.05) is 6.07 Å². The van der Waals surface area contributed by atoms with E-state index >= 15 is 0 Å². The highest BCUT2D eigenvalue weighted by Gasteiger charge is 1.99. The fraction of sp³-hybridized carbons (Fsp3) is 0. The Morgan fingerprint density at radius 3 is 2.71 bits per heavy atom. The maximum Gasteiger partial charge on any atom is 0.184 e. The van der Waals surface area contributed by atoms with E-state index in [1.54, 1.807) is 0 Å². The third-order valence-electron chi connectivity index (χ3n) is 1.33. The molecule has 1 aromatic carbocycles. The van der Waals surface area contributed by atoms with E-state index < -0.39 is 11.6 Å². The lowest BCUT2D eigenvalue weighted by atomic mass is 10.2. The van der Waals surface area contributed by atoms with Crippen molar-refractivity contribution in [3.8, 4) is 0 Å². The van der Waals surface area contributed by atoms with Crippen LogP contribution in [0.2, 0.25) is 0 Å². The molecular formula is C8H7F2N3S. The summed E-state index contributed by atoms with van der Waals surface area (Å²) in [6.07, 6.45) is 1.28. The second-order valence-corrected chi connectivity index (χ2v) is 2.85. The molecule has 0 amide bonds. The SMILES string of the molecule is NC(=S)N/N=C\c1ccc(F)c(F)c1. The fourth-order valence-corrected chi connectivity index (χ4v) is 0.816. The van der Waals surface area contributed by atoms with Crippen LogP contribution < -0.4 is 11.2 Å². The summed E-state index contributed by atoms with van der Waals surface area (Å²) in [5.41, 5.74) is 7.78. The summed E-state index contributed by atoms with van der Waals surface area (Å²) >= 11 is 4.48. The van der Waals surface area contributed by atoms with Crippen LogP contribution in [0, 0.1) is 11.6 Å². The molecule has 0 aliphatic rings. The van der Waals surface area contributed by atoms with E-state index in [0.717, 1.165) is 12.1 Å². The van der Waals surface area contributed by atoms with Gasteiger partial charge in [-0.15, -0.1) is 0 Å². The van der Waals surface area contributed by atoms with Crippen molar-refractivity contribution in [3.63, 3.8) is 0 Å². The molecule has 0 aliphatic heterocycles. The predicted octanol–water partition coefficient (Wildman–Crippen LogP) is 1.13. The molecular weight excluding hydrogens is 208 g/mol. The first-order chi connectivity index (χ1) is 6.59. The average molecular weight is 215 g/mol. The van der Waals surface area contributed by atoms with Gasteiger partial charge in [0.25, 0.3) is 0 Å². The standard InChI is InChI=1S/C8H7F2N3S/c9-6-2-1-5(3-7(6)10)4-12-13-8(11)14/h1-4H,(H3,11,13,14)/b12-4-. The first-order valence-corrected chi connectivity index (χ1v) is 4.04. The molecule has 0 aromatic heterocycles. The van der Waals surface area contributed by atoms with Crippen LogP contribution in [0.25, 0.3) is 0 Å². The van der Waals surface area contributed by atoms with E-state index in [0.29, 0.717) is 5.56 Å². The van der Waals surface area contributed by atoms with E-state index in [1.165, 1.54) is 12.3 Å². The van der Waals surface area contributed by atoms with Gasteiger partial charge >= 0.3 is 0 Å². The minimum atomic E-state index is -0.927. The Bertz CT molecular complexity index is 379. The van der Waals surface area contributed by atoms with Gasteiger partial charge in [0.2, 0.25) is 0 Å². The number of nitrogens with two attached hydrogens (primary N) is 1. The molecule has 0 unspecified atom stereocenters. The largest absolute Gasteiger partial charge is 0.375 e. The minimum Gasteiger partial charge on any atom is -0.375 e. The van der Waals surface area contributed by atoms with Crippen molar-refractivity contribution in [2.45, 2.75) is 0 Å². The molecule has 74 valence electrons. The minimum absolute atomic E-state index is 0.00355. The zero-order valence-corrected chi connectivity index (χ0v) is 7.81. The van der Waals surface area contributed by atoms with E-state index in [1.807, 2.05) is 0 Å². The number of hydrazone groups is 1. The van der Waals surface area contributed by atoms with Crippen LogP contribution in [0.4, 0.5) is 8.78 Å². The molecule has 14 heavy (non-hydrogen) atoms. The Kier molecular flexibility index (Phi) is 3.47. The number of nitrogens with zero attached hydrogens (tertiary/aromatic N) is 1. The summed E-state index contributed by atoms with van der Waals surface area (Å²) in [7, 11) is 0. The van der Waals surface area contributed by atoms with Crippen molar-refractivity contribution in [3.05, 3.63) is 35.4 Å². The zero-order chi connectivity index (χ0) is 10.6. The number of thiocarbonyl (C=S) groups is 1. The first kappa shape index (κ1) is 10.5. The van der Waals surface area contributed by atoms with Gasteiger partial charge in [0, 0.05) is 0 Å². The van der Waals surface area contributed by atoms with Crippen molar-refractivity contribution < 1.29 is 8.78 Å². The van der Waals surface area contributed by atoms with Crippen LogP contribution in [0.1, 0.15) is 5.56 Å².